The lowest BCUT2D eigenvalue weighted by Crippen LogP contribution is -2.29. The molecule has 1 amide bonds. The second-order valence-electron chi connectivity index (χ2n) is 2.91. The molecular weight excluding hydrogens is 244 g/mol. The predicted molar refractivity (Wildman–Crippen MR) is 61.5 cm³/mol. The summed E-state index contributed by atoms with van der Waals surface area (Å²) in [6, 6.07) is 3.31. The number of hydrogen-bond donors (Lipinski definition) is 1. The number of methoxy groups -OCH3 is 1. The van der Waals surface area contributed by atoms with Crippen molar-refractivity contribution in [3.8, 4) is 0 Å². The Morgan fingerprint density at radius 1 is 1.59 bits per heavy atom. The van der Waals surface area contributed by atoms with Crippen LogP contribution in [0.25, 0.3) is 10.4 Å². The molecule has 7 nitrogen and oxygen atoms in total. The first-order valence-electron chi connectivity index (χ1n) is 4.62. The zero-order valence-electron chi connectivity index (χ0n) is 9.04. The topological polar surface area (TPSA) is 104 Å². The summed E-state index contributed by atoms with van der Waals surface area (Å²) in [6.07, 6.45) is 0. The van der Waals surface area contributed by atoms with E-state index in [0.717, 1.165) is 4.88 Å². The third-order valence-electron chi connectivity index (χ3n) is 1.80. The standard InChI is InChI=1S/C9H10N4O3S/c1-16-8(14)5-11-9(15)7-3-2-6(17-7)4-12-13-10/h2-3H,4-5H2,1H3,(H,11,15). The smallest absolute Gasteiger partial charge is 0.325 e. The normalized spacial score (nSPS) is 9.24. The maximum atomic E-state index is 11.5. The van der Waals surface area contributed by atoms with E-state index in [1.54, 1.807) is 12.1 Å². The number of carbonyl (C=O) groups is 2. The second kappa shape index (κ2) is 6.51. The fraction of sp³-hybridized carbons (Fsp3) is 0.333. The summed E-state index contributed by atoms with van der Waals surface area (Å²) in [5.41, 5.74) is 8.15. The SMILES string of the molecule is COC(=O)CNC(=O)c1ccc(CN=[N+]=[N-])s1. The number of amides is 1. The summed E-state index contributed by atoms with van der Waals surface area (Å²) in [5, 5.41) is 5.80. The van der Waals surface area contributed by atoms with Crippen molar-refractivity contribution in [3.05, 3.63) is 32.3 Å². The first-order chi connectivity index (χ1) is 8.17. The van der Waals surface area contributed by atoms with Crippen molar-refractivity contribution in [1.82, 2.24) is 5.32 Å². The molecule has 0 fully saturated rings. The van der Waals surface area contributed by atoms with Crippen LogP contribution in [0.5, 0.6) is 0 Å². The second-order valence-corrected chi connectivity index (χ2v) is 4.08. The molecule has 0 aliphatic heterocycles. The van der Waals surface area contributed by atoms with Gasteiger partial charge in [0.1, 0.15) is 6.54 Å². The maximum absolute atomic E-state index is 11.5. The molecule has 0 aromatic carbocycles. The van der Waals surface area contributed by atoms with Crippen molar-refractivity contribution >= 4 is 23.2 Å². The van der Waals surface area contributed by atoms with Gasteiger partial charge >= 0.3 is 5.97 Å². The average Bonchev–Trinajstić information content (AvgIpc) is 2.81. The average molecular weight is 254 g/mol. The molecule has 0 atom stereocenters. The minimum Gasteiger partial charge on any atom is -0.468 e. The third-order valence-corrected chi connectivity index (χ3v) is 2.86. The number of hydrogen-bond acceptors (Lipinski definition) is 5. The van der Waals surface area contributed by atoms with Crippen LogP contribution in [0.1, 0.15) is 14.5 Å². The molecule has 0 saturated heterocycles. The Morgan fingerprint density at radius 3 is 3.00 bits per heavy atom. The lowest BCUT2D eigenvalue weighted by atomic mass is 10.4. The van der Waals surface area contributed by atoms with E-state index in [4.69, 9.17) is 5.53 Å². The third kappa shape index (κ3) is 4.13. The van der Waals surface area contributed by atoms with Gasteiger partial charge in [0.2, 0.25) is 0 Å². The summed E-state index contributed by atoms with van der Waals surface area (Å²) in [4.78, 5) is 26.2. The molecule has 17 heavy (non-hydrogen) atoms. The highest BCUT2D eigenvalue weighted by Gasteiger charge is 2.10. The molecule has 1 heterocycles. The Kier molecular flexibility index (Phi) is 4.99. The lowest BCUT2D eigenvalue weighted by Gasteiger charge is -2.00. The van der Waals surface area contributed by atoms with Gasteiger partial charge in [-0.05, 0) is 17.7 Å². The van der Waals surface area contributed by atoms with E-state index in [9.17, 15) is 9.59 Å². The Labute approximate surface area is 101 Å². The molecule has 0 bridgehead atoms. The monoisotopic (exact) mass is 254 g/mol. The van der Waals surface area contributed by atoms with Gasteiger partial charge in [0, 0.05) is 9.79 Å². The number of thiophene rings is 1. The Hall–Kier alpha value is -2.05. The van der Waals surface area contributed by atoms with Crippen molar-refractivity contribution in [2.24, 2.45) is 5.11 Å². The highest BCUT2D eigenvalue weighted by atomic mass is 32.1. The highest BCUT2D eigenvalue weighted by Crippen LogP contribution is 2.17. The van der Waals surface area contributed by atoms with Crippen LogP contribution < -0.4 is 5.32 Å². The molecule has 0 aliphatic rings. The van der Waals surface area contributed by atoms with Crippen LogP contribution in [0.4, 0.5) is 0 Å². The van der Waals surface area contributed by atoms with Crippen LogP contribution in [-0.4, -0.2) is 25.5 Å². The van der Waals surface area contributed by atoms with E-state index >= 15 is 0 Å². The van der Waals surface area contributed by atoms with Gasteiger partial charge in [-0.1, -0.05) is 5.11 Å². The zero-order valence-corrected chi connectivity index (χ0v) is 9.86. The van der Waals surface area contributed by atoms with Gasteiger partial charge in [-0.3, -0.25) is 9.59 Å². The number of azide groups is 1. The van der Waals surface area contributed by atoms with Crippen LogP contribution in [0, 0.1) is 0 Å². The first-order valence-corrected chi connectivity index (χ1v) is 5.43. The van der Waals surface area contributed by atoms with E-state index in [2.05, 4.69) is 20.1 Å². The summed E-state index contributed by atoms with van der Waals surface area (Å²) in [7, 11) is 1.25. The number of ether oxygens (including phenoxy) is 1. The van der Waals surface area contributed by atoms with E-state index in [-0.39, 0.29) is 19.0 Å². The number of esters is 1. The van der Waals surface area contributed by atoms with E-state index in [1.165, 1.54) is 18.4 Å². The molecule has 1 aromatic heterocycles. The van der Waals surface area contributed by atoms with E-state index in [0.29, 0.717) is 4.88 Å². The minimum absolute atomic E-state index is 0.168. The molecule has 1 N–H and O–H groups in total. The van der Waals surface area contributed by atoms with E-state index in [1.807, 2.05) is 0 Å². The molecule has 0 saturated carbocycles. The van der Waals surface area contributed by atoms with Gasteiger partial charge in [0.25, 0.3) is 5.91 Å². The summed E-state index contributed by atoms with van der Waals surface area (Å²) < 4.78 is 4.39. The fourth-order valence-electron chi connectivity index (χ4n) is 0.998. The van der Waals surface area contributed by atoms with Crippen LogP contribution >= 0.6 is 11.3 Å². The Balaban J connectivity index is 2.54. The van der Waals surface area contributed by atoms with Crippen molar-refractivity contribution < 1.29 is 14.3 Å². The molecule has 0 aliphatic carbocycles. The van der Waals surface area contributed by atoms with Gasteiger partial charge < -0.3 is 10.1 Å². The summed E-state index contributed by atoms with van der Waals surface area (Å²) in [5.74, 6) is -0.864. The quantitative estimate of drug-likeness (QED) is 0.372. The predicted octanol–water partition coefficient (Wildman–Crippen LogP) is 1.46. The van der Waals surface area contributed by atoms with Crippen LogP contribution in [0.15, 0.2) is 17.2 Å². The minimum atomic E-state index is -0.510. The Morgan fingerprint density at radius 2 is 2.35 bits per heavy atom. The van der Waals surface area contributed by atoms with Crippen LogP contribution in [0.2, 0.25) is 0 Å². The molecule has 1 aromatic rings. The van der Waals surface area contributed by atoms with Crippen molar-refractivity contribution in [2.75, 3.05) is 13.7 Å². The van der Waals surface area contributed by atoms with Crippen LogP contribution in [0.3, 0.4) is 0 Å². The largest absolute Gasteiger partial charge is 0.468 e. The maximum Gasteiger partial charge on any atom is 0.325 e. The molecular formula is C9H10N4O3S. The molecule has 1 rings (SSSR count). The van der Waals surface area contributed by atoms with Gasteiger partial charge in [-0.15, -0.1) is 11.3 Å². The van der Waals surface area contributed by atoms with Gasteiger partial charge in [0.15, 0.2) is 0 Å². The highest BCUT2D eigenvalue weighted by molar-refractivity contribution is 7.14. The number of rotatable bonds is 5. The van der Waals surface area contributed by atoms with Crippen LogP contribution in [-0.2, 0) is 16.1 Å². The van der Waals surface area contributed by atoms with E-state index < -0.39 is 5.97 Å². The fourth-order valence-corrected chi connectivity index (χ4v) is 1.84. The van der Waals surface area contributed by atoms with Crippen molar-refractivity contribution in [3.63, 3.8) is 0 Å². The van der Waals surface area contributed by atoms with Gasteiger partial charge in [-0.2, -0.15) is 0 Å². The number of nitrogens with one attached hydrogen (secondary N) is 1. The molecule has 0 radical (unpaired) electrons. The molecule has 0 unspecified atom stereocenters. The molecule has 90 valence electrons. The molecule has 0 spiro atoms. The summed E-state index contributed by atoms with van der Waals surface area (Å²) >= 11 is 1.21. The Bertz CT molecular complexity index is 465. The zero-order chi connectivity index (χ0) is 12.7. The summed E-state index contributed by atoms with van der Waals surface area (Å²) in [6.45, 7) is 0.0460. The van der Waals surface area contributed by atoms with Gasteiger partial charge in [0.05, 0.1) is 18.5 Å². The molecule has 8 heteroatoms. The number of nitrogens with zero attached hydrogens (tertiary/aromatic N) is 3. The number of carbonyl (C=O) groups excluding carboxylic acids is 2. The van der Waals surface area contributed by atoms with Crippen molar-refractivity contribution in [2.45, 2.75) is 6.54 Å². The van der Waals surface area contributed by atoms with Gasteiger partial charge in [-0.25, -0.2) is 0 Å². The lowest BCUT2D eigenvalue weighted by molar-refractivity contribution is -0.139. The van der Waals surface area contributed by atoms with Crippen molar-refractivity contribution in [1.29, 1.82) is 0 Å². The first kappa shape index (κ1) is 13.0.